The molecule has 0 unspecified atom stereocenters. The molecule has 0 fully saturated rings. The Hall–Kier alpha value is -5.86. The minimum atomic E-state index is -0.0562. The van der Waals surface area contributed by atoms with Crippen molar-refractivity contribution in [1.82, 2.24) is 8.80 Å². The maximum atomic E-state index is 2.46. The van der Waals surface area contributed by atoms with Crippen LogP contribution in [-0.2, 0) is 5.41 Å². The van der Waals surface area contributed by atoms with E-state index in [0.29, 0.717) is 0 Å². The summed E-state index contributed by atoms with van der Waals surface area (Å²) in [6, 6.07) is 54.8. The third-order valence-electron chi connectivity index (χ3n) is 11.0. The second kappa shape index (κ2) is 8.69. The Balaban J connectivity index is 1.48. The van der Waals surface area contributed by atoms with E-state index >= 15 is 0 Å². The predicted molar refractivity (Wildman–Crippen MR) is 201 cm³/mol. The fourth-order valence-corrected chi connectivity index (χ4v) is 8.85. The molecule has 14 bridgehead atoms. The van der Waals surface area contributed by atoms with E-state index in [1.54, 1.807) is 0 Å². The van der Waals surface area contributed by atoms with Crippen LogP contribution in [0.15, 0.2) is 146 Å². The van der Waals surface area contributed by atoms with E-state index in [2.05, 4.69) is 168 Å². The van der Waals surface area contributed by atoms with E-state index in [0.717, 1.165) is 0 Å². The van der Waals surface area contributed by atoms with Gasteiger partial charge in [0.2, 0.25) is 0 Å². The molecule has 7 aromatic carbocycles. The van der Waals surface area contributed by atoms with Gasteiger partial charge in [0.05, 0.1) is 22.1 Å². The lowest BCUT2D eigenvalue weighted by Gasteiger charge is -2.21. The third kappa shape index (κ3) is 3.20. The smallest absolute Gasteiger partial charge is 0.0548 e. The van der Waals surface area contributed by atoms with Gasteiger partial charge in [0.25, 0.3) is 0 Å². The zero-order valence-electron chi connectivity index (χ0n) is 26.3. The first-order chi connectivity index (χ1) is 23.1. The molecule has 220 valence electrons. The Morgan fingerprint density at radius 1 is 0.362 bits per heavy atom. The number of para-hydroxylation sites is 2. The van der Waals surface area contributed by atoms with E-state index in [4.69, 9.17) is 0 Å². The summed E-state index contributed by atoms with van der Waals surface area (Å²) in [5, 5.41) is 12.8. The van der Waals surface area contributed by atoms with Crippen LogP contribution in [0.3, 0.4) is 0 Å². The van der Waals surface area contributed by atoms with E-state index in [1.807, 2.05) is 0 Å². The molecule has 0 aliphatic heterocycles. The van der Waals surface area contributed by atoms with E-state index in [1.165, 1.54) is 98.1 Å². The van der Waals surface area contributed by atoms with Gasteiger partial charge in [-0.15, -0.1) is 0 Å². The first-order valence-electron chi connectivity index (χ1n) is 16.5. The van der Waals surface area contributed by atoms with Crippen molar-refractivity contribution in [2.75, 3.05) is 0 Å². The fourth-order valence-electron chi connectivity index (χ4n) is 8.85. The summed E-state index contributed by atoms with van der Waals surface area (Å²) in [7, 11) is 0. The zero-order chi connectivity index (χ0) is 31.0. The summed E-state index contributed by atoms with van der Waals surface area (Å²) in [6.45, 7) is 4.73. The van der Waals surface area contributed by atoms with Gasteiger partial charge < -0.3 is 8.80 Å². The van der Waals surface area contributed by atoms with Gasteiger partial charge in [0.1, 0.15) is 0 Å². The maximum absolute atomic E-state index is 2.46. The molecule has 0 N–H and O–H groups in total. The lowest BCUT2D eigenvalue weighted by molar-refractivity contribution is 0.662. The second-order valence-corrected chi connectivity index (χ2v) is 13.8. The molecule has 0 saturated heterocycles. The maximum Gasteiger partial charge on any atom is 0.0548 e. The summed E-state index contributed by atoms with van der Waals surface area (Å²) in [4.78, 5) is 0. The molecule has 0 spiro atoms. The van der Waals surface area contributed by atoms with Gasteiger partial charge in [-0.2, -0.15) is 0 Å². The zero-order valence-corrected chi connectivity index (χ0v) is 26.3. The summed E-state index contributed by atoms with van der Waals surface area (Å²) in [5.41, 5.74) is 9.98. The van der Waals surface area contributed by atoms with Crippen molar-refractivity contribution in [3.63, 3.8) is 0 Å². The lowest BCUT2D eigenvalue weighted by Crippen LogP contribution is -2.15. The monoisotopic (exact) mass is 598 g/mol. The van der Waals surface area contributed by atoms with Crippen molar-refractivity contribution in [3.05, 3.63) is 157 Å². The number of benzene rings is 7. The van der Waals surface area contributed by atoms with Crippen molar-refractivity contribution < 1.29 is 0 Å². The molecule has 2 heteroatoms. The van der Waals surface area contributed by atoms with Crippen LogP contribution in [0.4, 0.5) is 0 Å². The fraction of sp³-hybridized carbons (Fsp3) is 0.0667. The van der Waals surface area contributed by atoms with Crippen molar-refractivity contribution in [2.24, 2.45) is 0 Å². The van der Waals surface area contributed by atoms with Crippen molar-refractivity contribution in [2.45, 2.75) is 19.3 Å². The van der Waals surface area contributed by atoms with Gasteiger partial charge in [0.15, 0.2) is 0 Å². The summed E-state index contributed by atoms with van der Waals surface area (Å²) in [6.07, 6.45) is 0. The van der Waals surface area contributed by atoms with Gasteiger partial charge in [0, 0.05) is 38.0 Å². The first-order valence-corrected chi connectivity index (χ1v) is 16.5. The molecule has 12 rings (SSSR count). The Morgan fingerprint density at radius 2 is 0.809 bits per heavy atom. The average Bonchev–Trinajstić information content (AvgIpc) is 3.71. The average molecular weight is 599 g/mol. The molecule has 1 aliphatic carbocycles. The Labute approximate surface area is 271 Å². The Morgan fingerprint density at radius 3 is 1.30 bits per heavy atom. The predicted octanol–water partition coefficient (Wildman–Crippen LogP) is 12.0. The highest BCUT2D eigenvalue weighted by Crippen LogP contribution is 2.46. The highest BCUT2D eigenvalue weighted by atomic mass is 14.9. The number of hydrogen-bond donors (Lipinski definition) is 0. The van der Waals surface area contributed by atoms with Crippen molar-refractivity contribution in [1.29, 1.82) is 0 Å². The van der Waals surface area contributed by atoms with E-state index in [9.17, 15) is 0 Å². The van der Waals surface area contributed by atoms with E-state index < -0.39 is 0 Å². The standard InChI is InChI=1S/C45H30N2/c1-45(2)37-19-17-29-25-35(37)36-26-30(18-20-38(36)45)28-10-8-12-32(24-28)47-40-16-6-4-14-34(40)44-42(47)22-21-41-43(44)33-13-3-5-15-39(33)46(41)31-11-7-9-27(29)23-31/h3-26H,1-2H3. The van der Waals surface area contributed by atoms with Crippen LogP contribution < -0.4 is 0 Å². The summed E-state index contributed by atoms with van der Waals surface area (Å²) < 4.78 is 4.92. The number of aromatic nitrogens is 2. The highest BCUT2D eigenvalue weighted by Gasteiger charge is 2.32. The molecule has 2 nitrogen and oxygen atoms in total. The number of fused-ring (bicyclic) bond motifs is 3. The van der Waals surface area contributed by atoms with Crippen LogP contribution in [0.2, 0.25) is 0 Å². The summed E-state index contributed by atoms with van der Waals surface area (Å²) in [5.74, 6) is 0. The third-order valence-corrected chi connectivity index (χ3v) is 11.0. The molecule has 4 heterocycles. The minimum Gasteiger partial charge on any atom is -0.309 e. The normalized spacial score (nSPS) is 13.9. The number of rotatable bonds is 0. The van der Waals surface area contributed by atoms with Crippen molar-refractivity contribution >= 4 is 87.0 Å². The molecule has 0 amide bonds. The van der Waals surface area contributed by atoms with Crippen molar-refractivity contribution in [3.8, 4) is 0 Å². The molecule has 47 heavy (non-hydrogen) atoms. The number of hydrogen-bond acceptors (Lipinski definition) is 0. The number of nitrogens with zero attached hydrogens (tertiary/aromatic N) is 2. The lowest BCUT2D eigenvalue weighted by atomic mass is 9.81. The van der Waals surface area contributed by atoms with Crippen LogP contribution in [0.5, 0.6) is 0 Å². The molecule has 0 radical (unpaired) electrons. The van der Waals surface area contributed by atoms with Crippen LogP contribution in [0.1, 0.15) is 25.0 Å². The SMILES string of the molecule is CC1(C)c2ccc3cc2c2cc(ccc21)c1cccc(c1)n1c2ccccc2c2c4c5ccccc5n(c5cccc3c5)c4ccc21. The molecule has 4 aromatic heterocycles. The van der Waals surface area contributed by atoms with Gasteiger partial charge >= 0.3 is 0 Å². The molecule has 1 aliphatic rings. The molecular weight excluding hydrogens is 569 g/mol. The molecule has 0 atom stereocenters. The first kappa shape index (κ1) is 25.3. The van der Waals surface area contributed by atoms with Crippen LogP contribution in [0.25, 0.3) is 87.0 Å². The summed E-state index contributed by atoms with van der Waals surface area (Å²) >= 11 is 0. The van der Waals surface area contributed by atoms with Crippen LogP contribution >= 0.6 is 0 Å². The van der Waals surface area contributed by atoms with Gasteiger partial charge in [-0.1, -0.05) is 98.8 Å². The quantitative estimate of drug-likeness (QED) is 0.164. The topological polar surface area (TPSA) is 8.82 Å². The van der Waals surface area contributed by atoms with Gasteiger partial charge in [-0.05, 0) is 104 Å². The van der Waals surface area contributed by atoms with Gasteiger partial charge in [-0.25, -0.2) is 0 Å². The largest absolute Gasteiger partial charge is 0.309 e. The van der Waals surface area contributed by atoms with E-state index in [-0.39, 0.29) is 5.41 Å². The van der Waals surface area contributed by atoms with Crippen LogP contribution in [0, 0.1) is 0 Å². The molecule has 11 aromatic rings. The van der Waals surface area contributed by atoms with Crippen LogP contribution in [-0.4, -0.2) is 8.80 Å². The highest BCUT2D eigenvalue weighted by molar-refractivity contribution is 6.28. The second-order valence-electron chi connectivity index (χ2n) is 13.8. The minimum absolute atomic E-state index is 0.0562. The molecular formula is C45H30N2. The Kier molecular flexibility index (Phi) is 4.68. The van der Waals surface area contributed by atoms with Gasteiger partial charge in [-0.3, -0.25) is 0 Å². The molecule has 0 saturated carbocycles. The Bertz CT molecular complexity index is 2890.